The average Bonchev–Trinajstić information content (AvgIpc) is 2.85. The summed E-state index contributed by atoms with van der Waals surface area (Å²) in [7, 11) is 2.11. The number of nitrogens with one attached hydrogen (secondary N) is 1. The van der Waals surface area contributed by atoms with Gasteiger partial charge in [0.05, 0.1) is 12.8 Å². The van der Waals surface area contributed by atoms with Gasteiger partial charge in [-0.3, -0.25) is 4.90 Å². The Balaban J connectivity index is 1.85. The standard InChI is InChI=1S/C16H22N2O/c1-3-17-10-15-9-16(19-13-15)12-18(2)11-14-7-5-4-6-8-14/h4-9,13,17H,3,10-12H2,1-2H3. The molecule has 1 aromatic carbocycles. The predicted octanol–water partition coefficient (Wildman–Crippen LogP) is 3.02. The van der Waals surface area contributed by atoms with Gasteiger partial charge in [-0.1, -0.05) is 37.3 Å². The van der Waals surface area contributed by atoms with Crippen LogP contribution in [0, 0.1) is 0 Å². The molecule has 1 aromatic heterocycles. The first-order valence-corrected chi connectivity index (χ1v) is 6.77. The van der Waals surface area contributed by atoms with Gasteiger partial charge in [0.25, 0.3) is 0 Å². The summed E-state index contributed by atoms with van der Waals surface area (Å²) in [4.78, 5) is 2.26. The lowest BCUT2D eigenvalue weighted by Gasteiger charge is -2.14. The zero-order chi connectivity index (χ0) is 13.5. The largest absolute Gasteiger partial charge is 0.468 e. The van der Waals surface area contributed by atoms with E-state index in [2.05, 4.69) is 54.5 Å². The van der Waals surface area contributed by atoms with E-state index >= 15 is 0 Å². The van der Waals surface area contributed by atoms with Gasteiger partial charge in [0.2, 0.25) is 0 Å². The summed E-state index contributed by atoms with van der Waals surface area (Å²) >= 11 is 0. The van der Waals surface area contributed by atoms with Gasteiger partial charge in [0.1, 0.15) is 5.76 Å². The van der Waals surface area contributed by atoms with Gasteiger partial charge in [-0.25, -0.2) is 0 Å². The van der Waals surface area contributed by atoms with E-state index in [1.165, 1.54) is 11.1 Å². The maximum absolute atomic E-state index is 5.59. The van der Waals surface area contributed by atoms with Crippen LogP contribution in [0.5, 0.6) is 0 Å². The first-order chi connectivity index (χ1) is 9.28. The van der Waals surface area contributed by atoms with Crippen molar-refractivity contribution in [3.05, 3.63) is 59.5 Å². The van der Waals surface area contributed by atoms with E-state index in [0.717, 1.165) is 31.9 Å². The monoisotopic (exact) mass is 258 g/mol. The van der Waals surface area contributed by atoms with E-state index in [9.17, 15) is 0 Å². The van der Waals surface area contributed by atoms with Crippen molar-refractivity contribution in [1.82, 2.24) is 10.2 Å². The Bertz CT molecular complexity index is 479. The SMILES string of the molecule is CCNCc1coc(CN(C)Cc2ccccc2)c1. The summed E-state index contributed by atoms with van der Waals surface area (Å²) in [5.41, 5.74) is 2.54. The van der Waals surface area contributed by atoms with Crippen molar-refractivity contribution in [2.24, 2.45) is 0 Å². The Hall–Kier alpha value is -1.58. The third-order valence-electron chi connectivity index (χ3n) is 3.01. The van der Waals surface area contributed by atoms with Gasteiger partial charge < -0.3 is 9.73 Å². The lowest BCUT2D eigenvalue weighted by atomic mass is 10.2. The van der Waals surface area contributed by atoms with Gasteiger partial charge >= 0.3 is 0 Å². The van der Waals surface area contributed by atoms with Gasteiger partial charge in [-0.05, 0) is 25.2 Å². The van der Waals surface area contributed by atoms with Crippen LogP contribution in [0.3, 0.4) is 0 Å². The van der Waals surface area contributed by atoms with E-state index in [-0.39, 0.29) is 0 Å². The summed E-state index contributed by atoms with van der Waals surface area (Å²) in [5.74, 6) is 1.02. The normalized spacial score (nSPS) is 11.1. The molecule has 2 rings (SSSR count). The molecule has 0 spiro atoms. The van der Waals surface area contributed by atoms with E-state index in [0.29, 0.717) is 0 Å². The van der Waals surface area contributed by atoms with Crippen LogP contribution >= 0.6 is 0 Å². The molecule has 0 bridgehead atoms. The highest BCUT2D eigenvalue weighted by Gasteiger charge is 2.06. The molecular weight excluding hydrogens is 236 g/mol. The average molecular weight is 258 g/mol. The lowest BCUT2D eigenvalue weighted by Crippen LogP contribution is -2.16. The number of furan rings is 1. The fourth-order valence-electron chi connectivity index (χ4n) is 2.09. The minimum absolute atomic E-state index is 0.834. The summed E-state index contributed by atoms with van der Waals surface area (Å²) in [6, 6.07) is 12.6. The number of hydrogen-bond acceptors (Lipinski definition) is 3. The number of nitrogens with zero attached hydrogens (tertiary/aromatic N) is 1. The molecule has 3 nitrogen and oxygen atoms in total. The van der Waals surface area contributed by atoms with Crippen molar-refractivity contribution >= 4 is 0 Å². The molecule has 0 saturated heterocycles. The fraction of sp³-hybridized carbons (Fsp3) is 0.375. The van der Waals surface area contributed by atoms with E-state index in [1.54, 1.807) is 0 Å². The fourth-order valence-corrected chi connectivity index (χ4v) is 2.09. The van der Waals surface area contributed by atoms with Crippen molar-refractivity contribution in [3.63, 3.8) is 0 Å². The summed E-state index contributed by atoms with van der Waals surface area (Å²) in [6.45, 7) is 5.73. The smallest absolute Gasteiger partial charge is 0.118 e. The van der Waals surface area contributed by atoms with Gasteiger partial charge in [-0.2, -0.15) is 0 Å². The minimum atomic E-state index is 0.834. The van der Waals surface area contributed by atoms with Crippen molar-refractivity contribution in [3.8, 4) is 0 Å². The topological polar surface area (TPSA) is 28.4 Å². The summed E-state index contributed by atoms with van der Waals surface area (Å²) in [6.07, 6.45) is 1.84. The summed E-state index contributed by atoms with van der Waals surface area (Å²) < 4.78 is 5.59. The Labute approximate surface area is 115 Å². The Kier molecular flexibility index (Phi) is 5.19. The van der Waals surface area contributed by atoms with E-state index in [1.807, 2.05) is 12.3 Å². The maximum Gasteiger partial charge on any atom is 0.118 e. The molecular formula is C16H22N2O. The van der Waals surface area contributed by atoms with Crippen LogP contribution in [0.2, 0.25) is 0 Å². The molecule has 0 saturated carbocycles. The molecule has 2 aromatic rings. The van der Waals surface area contributed by atoms with Crippen LogP contribution in [0.1, 0.15) is 23.8 Å². The third kappa shape index (κ3) is 4.54. The van der Waals surface area contributed by atoms with Crippen LogP contribution < -0.4 is 5.32 Å². The quantitative estimate of drug-likeness (QED) is 0.827. The van der Waals surface area contributed by atoms with Crippen LogP contribution in [0.25, 0.3) is 0 Å². The summed E-state index contributed by atoms with van der Waals surface area (Å²) in [5, 5.41) is 3.30. The van der Waals surface area contributed by atoms with Crippen molar-refractivity contribution in [2.75, 3.05) is 13.6 Å². The highest BCUT2D eigenvalue weighted by atomic mass is 16.3. The van der Waals surface area contributed by atoms with Crippen LogP contribution in [0.4, 0.5) is 0 Å². The van der Waals surface area contributed by atoms with Gasteiger partial charge in [0, 0.05) is 18.7 Å². The Morgan fingerprint density at radius 1 is 1.11 bits per heavy atom. The molecule has 1 heterocycles. The van der Waals surface area contributed by atoms with Crippen molar-refractivity contribution in [2.45, 2.75) is 26.6 Å². The molecule has 3 heteroatoms. The van der Waals surface area contributed by atoms with Crippen molar-refractivity contribution < 1.29 is 4.42 Å². The highest BCUT2D eigenvalue weighted by molar-refractivity contribution is 5.15. The maximum atomic E-state index is 5.59. The molecule has 0 unspecified atom stereocenters. The van der Waals surface area contributed by atoms with Crippen LogP contribution in [0.15, 0.2) is 47.1 Å². The second kappa shape index (κ2) is 7.12. The van der Waals surface area contributed by atoms with Crippen LogP contribution in [-0.4, -0.2) is 18.5 Å². The number of hydrogen-bond donors (Lipinski definition) is 1. The third-order valence-corrected chi connectivity index (χ3v) is 3.01. The molecule has 0 atom stereocenters. The molecule has 102 valence electrons. The van der Waals surface area contributed by atoms with Gasteiger partial charge in [-0.15, -0.1) is 0 Å². The number of benzene rings is 1. The molecule has 0 amide bonds. The highest BCUT2D eigenvalue weighted by Crippen LogP contribution is 2.11. The minimum Gasteiger partial charge on any atom is -0.468 e. The molecule has 0 aliphatic rings. The first kappa shape index (κ1) is 13.8. The Morgan fingerprint density at radius 3 is 2.63 bits per heavy atom. The second-order valence-electron chi connectivity index (χ2n) is 4.86. The first-order valence-electron chi connectivity index (χ1n) is 6.77. The second-order valence-corrected chi connectivity index (χ2v) is 4.86. The zero-order valence-corrected chi connectivity index (χ0v) is 11.7. The molecule has 19 heavy (non-hydrogen) atoms. The number of rotatable bonds is 7. The predicted molar refractivity (Wildman–Crippen MR) is 77.7 cm³/mol. The molecule has 1 N–H and O–H groups in total. The zero-order valence-electron chi connectivity index (χ0n) is 11.7. The van der Waals surface area contributed by atoms with E-state index < -0.39 is 0 Å². The van der Waals surface area contributed by atoms with E-state index in [4.69, 9.17) is 4.42 Å². The van der Waals surface area contributed by atoms with Crippen molar-refractivity contribution in [1.29, 1.82) is 0 Å². The Morgan fingerprint density at radius 2 is 1.89 bits per heavy atom. The van der Waals surface area contributed by atoms with Gasteiger partial charge in [0.15, 0.2) is 0 Å². The van der Waals surface area contributed by atoms with Crippen LogP contribution in [-0.2, 0) is 19.6 Å². The molecule has 0 radical (unpaired) electrons. The molecule has 0 aliphatic heterocycles. The molecule has 0 fully saturated rings. The lowest BCUT2D eigenvalue weighted by molar-refractivity contribution is 0.288. The molecule has 0 aliphatic carbocycles.